The lowest BCUT2D eigenvalue weighted by atomic mass is 10.4. The third-order valence-corrected chi connectivity index (χ3v) is 3.50. The Morgan fingerprint density at radius 1 is 1.59 bits per heavy atom. The van der Waals surface area contributed by atoms with Crippen molar-refractivity contribution in [2.75, 3.05) is 37.3 Å². The van der Waals surface area contributed by atoms with Gasteiger partial charge in [-0.05, 0) is 19.9 Å². The van der Waals surface area contributed by atoms with Gasteiger partial charge in [0, 0.05) is 20.1 Å². The van der Waals surface area contributed by atoms with Crippen molar-refractivity contribution in [3.8, 4) is 0 Å². The van der Waals surface area contributed by atoms with E-state index in [-0.39, 0.29) is 11.7 Å². The molecule has 0 bridgehead atoms. The first-order valence-electron chi connectivity index (χ1n) is 5.55. The van der Waals surface area contributed by atoms with Gasteiger partial charge in [-0.1, -0.05) is 11.3 Å². The van der Waals surface area contributed by atoms with Crippen molar-refractivity contribution in [3.05, 3.63) is 4.88 Å². The van der Waals surface area contributed by atoms with Gasteiger partial charge in [-0.15, -0.1) is 0 Å². The molecular formula is C10H19N5OS. The smallest absolute Gasteiger partial charge is 0.265 e. The predicted molar refractivity (Wildman–Crippen MR) is 71.5 cm³/mol. The number of nitrogens with two attached hydrogens (primary N) is 2. The summed E-state index contributed by atoms with van der Waals surface area (Å²) in [6.45, 7) is 3.95. The maximum atomic E-state index is 11.8. The molecule has 96 valence electrons. The fourth-order valence-corrected chi connectivity index (χ4v) is 2.09. The van der Waals surface area contributed by atoms with Crippen LogP contribution >= 0.6 is 11.3 Å². The number of nitrogens with zero attached hydrogens (tertiary/aromatic N) is 2. The highest BCUT2D eigenvalue weighted by atomic mass is 32.1. The molecule has 1 amide bonds. The van der Waals surface area contributed by atoms with Crippen LogP contribution in [0.1, 0.15) is 23.0 Å². The number of amides is 1. The average molecular weight is 257 g/mol. The van der Waals surface area contributed by atoms with Gasteiger partial charge in [-0.25, -0.2) is 4.98 Å². The molecule has 1 heterocycles. The second-order valence-electron chi connectivity index (χ2n) is 3.62. The predicted octanol–water partition coefficient (Wildman–Crippen LogP) is 0.260. The molecule has 0 unspecified atom stereocenters. The second kappa shape index (κ2) is 6.41. The Hall–Kier alpha value is -1.34. The summed E-state index contributed by atoms with van der Waals surface area (Å²) < 4.78 is 0. The molecule has 0 fully saturated rings. The van der Waals surface area contributed by atoms with Crippen LogP contribution in [0.5, 0.6) is 0 Å². The number of rotatable bonds is 6. The average Bonchev–Trinajstić information content (AvgIpc) is 2.70. The fourth-order valence-electron chi connectivity index (χ4n) is 1.17. The lowest BCUT2D eigenvalue weighted by Crippen LogP contribution is -2.25. The van der Waals surface area contributed by atoms with Gasteiger partial charge in [0.25, 0.3) is 5.91 Å². The van der Waals surface area contributed by atoms with Crippen LogP contribution in [0.3, 0.4) is 0 Å². The zero-order valence-corrected chi connectivity index (χ0v) is 11.0. The fraction of sp³-hybridized carbons (Fsp3) is 0.600. The van der Waals surface area contributed by atoms with Crippen LogP contribution in [-0.4, -0.2) is 37.6 Å². The Bertz CT molecular complexity index is 379. The van der Waals surface area contributed by atoms with E-state index >= 15 is 0 Å². The number of nitrogen functional groups attached to an aromatic ring is 1. The SMILES string of the molecule is CCN(C)c1nc(N)c(C(=O)NCCCN)s1. The molecule has 5 N–H and O–H groups in total. The summed E-state index contributed by atoms with van der Waals surface area (Å²) in [6.07, 6.45) is 0.756. The van der Waals surface area contributed by atoms with Crippen LogP contribution in [0.4, 0.5) is 10.9 Å². The number of thiazole rings is 1. The van der Waals surface area contributed by atoms with E-state index in [2.05, 4.69) is 10.3 Å². The molecular weight excluding hydrogens is 238 g/mol. The van der Waals surface area contributed by atoms with E-state index in [1.54, 1.807) is 0 Å². The Morgan fingerprint density at radius 3 is 2.88 bits per heavy atom. The first-order chi connectivity index (χ1) is 8.10. The summed E-state index contributed by atoms with van der Waals surface area (Å²) in [5.74, 6) is 0.111. The lowest BCUT2D eigenvalue weighted by Gasteiger charge is -2.10. The Balaban J connectivity index is 2.70. The van der Waals surface area contributed by atoms with Crippen molar-refractivity contribution < 1.29 is 4.79 Å². The highest BCUT2D eigenvalue weighted by Crippen LogP contribution is 2.26. The lowest BCUT2D eigenvalue weighted by molar-refractivity contribution is 0.0958. The second-order valence-corrected chi connectivity index (χ2v) is 4.60. The molecule has 0 aliphatic rings. The summed E-state index contributed by atoms with van der Waals surface area (Å²) in [7, 11) is 1.91. The van der Waals surface area contributed by atoms with Gasteiger partial charge in [0.2, 0.25) is 0 Å². The van der Waals surface area contributed by atoms with E-state index < -0.39 is 0 Å². The molecule has 1 aromatic heterocycles. The van der Waals surface area contributed by atoms with Crippen LogP contribution in [-0.2, 0) is 0 Å². The molecule has 0 saturated heterocycles. The largest absolute Gasteiger partial charge is 0.382 e. The Kier molecular flexibility index (Phi) is 5.17. The first kappa shape index (κ1) is 13.7. The van der Waals surface area contributed by atoms with Crippen molar-refractivity contribution in [1.29, 1.82) is 0 Å². The zero-order valence-electron chi connectivity index (χ0n) is 10.2. The Labute approximate surface area is 105 Å². The van der Waals surface area contributed by atoms with Crippen molar-refractivity contribution in [1.82, 2.24) is 10.3 Å². The van der Waals surface area contributed by atoms with Crippen LogP contribution < -0.4 is 21.7 Å². The summed E-state index contributed by atoms with van der Waals surface area (Å²) in [4.78, 5) is 18.4. The molecule has 0 saturated carbocycles. The number of anilines is 2. The van der Waals surface area contributed by atoms with Gasteiger partial charge in [-0.2, -0.15) is 0 Å². The minimum Gasteiger partial charge on any atom is -0.382 e. The van der Waals surface area contributed by atoms with Crippen molar-refractivity contribution in [2.45, 2.75) is 13.3 Å². The monoisotopic (exact) mass is 257 g/mol. The quantitative estimate of drug-likeness (QED) is 0.635. The van der Waals surface area contributed by atoms with Crippen LogP contribution in [0.2, 0.25) is 0 Å². The topological polar surface area (TPSA) is 97.3 Å². The van der Waals surface area contributed by atoms with Gasteiger partial charge in [0.05, 0.1) is 0 Å². The van der Waals surface area contributed by atoms with E-state index in [1.807, 2.05) is 18.9 Å². The summed E-state index contributed by atoms with van der Waals surface area (Å²) >= 11 is 1.30. The van der Waals surface area contributed by atoms with Crippen molar-refractivity contribution in [3.63, 3.8) is 0 Å². The van der Waals surface area contributed by atoms with Gasteiger partial charge in [0.15, 0.2) is 5.13 Å². The van der Waals surface area contributed by atoms with Gasteiger partial charge in [0.1, 0.15) is 10.7 Å². The van der Waals surface area contributed by atoms with Gasteiger partial charge >= 0.3 is 0 Å². The Morgan fingerprint density at radius 2 is 2.29 bits per heavy atom. The van der Waals surface area contributed by atoms with Crippen molar-refractivity contribution >= 4 is 28.2 Å². The third-order valence-electron chi connectivity index (χ3n) is 2.32. The maximum Gasteiger partial charge on any atom is 0.265 e. The van der Waals surface area contributed by atoms with Gasteiger partial charge in [-0.3, -0.25) is 4.79 Å². The van der Waals surface area contributed by atoms with Crippen LogP contribution in [0, 0.1) is 0 Å². The number of hydrogen-bond acceptors (Lipinski definition) is 6. The molecule has 1 aromatic rings. The normalized spacial score (nSPS) is 10.3. The van der Waals surface area contributed by atoms with E-state index in [0.717, 1.165) is 18.1 Å². The van der Waals surface area contributed by atoms with Gasteiger partial charge < -0.3 is 21.7 Å². The molecule has 0 radical (unpaired) electrons. The molecule has 0 aliphatic carbocycles. The molecule has 1 rings (SSSR count). The zero-order chi connectivity index (χ0) is 12.8. The summed E-state index contributed by atoms with van der Waals surface area (Å²) in [6, 6.07) is 0. The highest BCUT2D eigenvalue weighted by Gasteiger charge is 2.16. The van der Waals surface area contributed by atoms with Crippen molar-refractivity contribution in [2.24, 2.45) is 5.73 Å². The standard InChI is InChI=1S/C10H19N5OS/c1-3-15(2)10-14-8(12)7(17-10)9(16)13-6-4-5-11/h3-6,11-12H2,1-2H3,(H,13,16). The summed E-state index contributed by atoms with van der Waals surface area (Å²) in [5, 5.41) is 3.52. The first-order valence-corrected chi connectivity index (χ1v) is 6.37. The molecule has 0 atom stereocenters. The van der Waals surface area contributed by atoms with Crippen LogP contribution in [0.25, 0.3) is 0 Å². The number of carbonyl (C=O) groups is 1. The van der Waals surface area contributed by atoms with E-state index in [9.17, 15) is 4.79 Å². The van der Waals surface area contributed by atoms with E-state index in [1.165, 1.54) is 11.3 Å². The number of carbonyl (C=O) groups excluding carboxylic acids is 1. The molecule has 17 heavy (non-hydrogen) atoms. The van der Waals surface area contributed by atoms with Crippen LogP contribution in [0.15, 0.2) is 0 Å². The number of nitrogens with one attached hydrogen (secondary N) is 1. The molecule has 0 aliphatic heterocycles. The minimum atomic E-state index is -0.177. The molecule has 7 heteroatoms. The minimum absolute atomic E-state index is 0.177. The number of aromatic nitrogens is 1. The highest BCUT2D eigenvalue weighted by molar-refractivity contribution is 7.18. The molecule has 6 nitrogen and oxygen atoms in total. The third kappa shape index (κ3) is 3.57. The maximum absolute atomic E-state index is 11.8. The van der Waals surface area contributed by atoms with E-state index in [0.29, 0.717) is 18.0 Å². The summed E-state index contributed by atoms with van der Waals surface area (Å²) in [5.41, 5.74) is 11.1. The molecule has 0 spiro atoms. The molecule has 0 aromatic carbocycles. The number of hydrogen-bond donors (Lipinski definition) is 3. The van der Waals surface area contributed by atoms with E-state index in [4.69, 9.17) is 11.5 Å².